The molecule has 2 aromatic carbocycles. The summed E-state index contributed by atoms with van der Waals surface area (Å²) in [6.07, 6.45) is 4.35. The SMILES string of the molecule is N#Cc1cn(C(=O)/C=C/c2ccc(-c3ccc([N+](=O)[O-])cc3Cl)o2)c2ccccc12. The number of fused-ring (bicyclic) bond motifs is 1. The zero-order chi connectivity index (χ0) is 21.3. The van der Waals surface area contributed by atoms with Crippen LogP contribution in [-0.4, -0.2) is 15.4 Å². The third kappa shape index (κ3) is 3.48. The lowest BCUT2D eigenvalue weighted by Gasteiger charge is -2.00. The second kappa shape index (κ2) is 7.70. The van der Waals surface area contributed by atoms with E-state index in [2.05, 4.69) is 6.07 Å². The quantitative estimate of drug-likeness (QED) is 0.241. The summed E-state index contributed by atoms with van der Waals surface area (Å²) in [7, 11) is 0. The lowest BCUT2D eigenvalue weighted by atomic mass is 10.1. The molecular weight excluding hydrogens is 406 g/mol. The van der Waals surface area contributed by atoms with Gasteiger partial charge in [-0.3, -0.25) is 19.5 Å². The topological polar surface area (TPSA) is 102 Å². The highest BCUT2D eigenvalue weighted by Crippen LogP contribution is 2.32. The average Bonchev–Trinajstić information content (AvgIpc) is 3.36. The summed E-state index contributed by atoms with van der Waals surface area (Å²) in [5, 5.41) is 21.0. The molecule has 0 aliphatic carbocycles. The molecule has 0 unspecified atom stereocenters. The van der Waals surface area contributed by atoms with Crippen molar-refractivity contribution >= 4 is 40.2 Å². The minimum absolute atomic E-state index is 0.114. The van der Waals surface area contributed by atoms with Gasteiger partial charge in [-0.15, -0.1) is 0 Å². The first-order chi connectivity index (χ1) is 14.5. The molecule has 7 nitrogen and oxygen atoms in total. The highest BCUT2D eigenvalue weighted by molar-refractivity contribution is 6.33. The number of para-hydroxylation sites is 1. The number of nitro benzene ring substituents is 1. The van der Waals surface area contributed by atoms with Gasteiger partial charge in [0.15, 0.2) is 0 Å². The molecule has 0 saturated carbocycles. The van der Waals surface area contributed by atoms with E-state index in [1.165, 1.54) is 41.1 Å². The van der Waals surface area contributed by atoms with Crippen molar-refractivity contribution in [1.29, 1.82) is 5.26 Å². The fraction of sp³-hybridized carbons (Fsp3) is 0. The van der Waals surface area contributed by atoms with E-state index in [4.69, 9.17) is 16.0 Å². The minimum atomic E-state index is -0.528. The standard InChI is InChI=1S/C22H12ClN3O4/c23-19-11-15(26(28)29)5-8-18(19)21-9-6-16(30-21)7-10-22(27)25-13-14(12-24)17-3-1-2-4-20(17)25/h1-11,13H/b10-7+. The van der Waals surface area contributed by atoms with E-state index in [1.807, 2.05) is 6.07 Å². The molecular formula is C22H12ClN3O4. The number of aromatic nitrogens is 1. The third-order valence-electron chi connectivity index (χ3n) is 4.52. The number of carbonyl (C=O) groups excluding carboxylic acids is 1. The zero-order valence-electron chi connectivity index (χ0n) is 15.3. The molecule has 8 heteroatoms. The summed E-state index contributed by atoms with van der Waals surface area (Å²) in [4.78, 5) is 22.9. The van der Waals surface area contributed by atoms with Gasteiger partial charge in [0.05, 0.1) is 21.0 Å². The summed E-state index contributed by atoms with van der Waals surface area (Å²) < 4.78 is 7.10. The van der Waals surface area contributed by atoms with Gasteiger partial charge >= 0.3 is 0 Å². The fourth-order valence-electron chi connectivity index (χ4n) is 3.09. The van der Waals surface area contributed by atoms with Gasteiger partial charge in [-0.1, -0.05) is 29.8 Å². The summed E-state index contributed by atoms with van der Waals surface area (Å²) in [6, 6.07) is 16.7. The second-order valence-electron chi connectivity index (χ2n) is 6.34. The Balaban J connectivity index is 1.60. The molecule has 0 atom stereocenters. The van der Waals surface area contributed by atoms with E-state index >= 15 is 0 Å². The molecule has 2 heterocycles. The first-order valence-electron chi connectivity index (χ1n) is 8.74. The molecule has 0 radical (unpaired) electrons. The molecule has 0 N–H and O–H groups in total. The molecule has 2 aromatic heterocycles. The predicted molar refractivity (Wildman–Crippen MR) is 112 cm³/mol. The normalized spacial score (nSPS) is 11.1. The summed E-state index contributed by atoms with van der Waals surface area (Å²) in [5.74, 6) is 0.490. The molecule has 30 heavy (non-hydrogen) atoms. The van der Waals surface area contributed by atoms with E-state index in [0.29, 0.717) is 33.6 Å². The Labute approximate surface area is 175 Å². The van der Waals surface area contributed by atoms with Crippen LogP contribution in [-0.2, 0) is 0 Å². The molecule has 0 bridgehead atoms. The summed E-state index contributed by atoms with van der Waals surface area (Å²) >= 11 is 6.13. The number of nitro groups is 1. The number of carbonyl (C=O) groups is 1. The van der Waals surface area contributed by atoms with Crippen molar-refractivity contribution in [3.63, 3.8) is 0 Å². The van der Waals surface area contributed by atoms with Crippen molar-refractivity contribution < 1.29 is 14.1 Å². The Morgan fingerprint density at radius 3 is 2.73 bits per heavy atom. The maximum absolute atomic E-state index is 12.6. The molecule has 0 amide bonds. The predicted octanol–water partition coefficient (Wildman–Crippen LogP) is 5.69. The molecule has 0 aliphatic rings. The van der Waals surface area contributed by atoms with Crippen molar-refractivity contribution in [2.45, 2.75) is 0 Å². The lowest BCUT2D eigenvalue weighted by molar-refractivity contribution is -0.384. The maximum Gasteiger partial charge on any atom is 0.270 e. The smallest absolute Gasteiger partial charge is 0.270 e. The van der Waals surface area contributed by atoms with Gasteiger partial charge in [-0.2, -0.15) is 5.26 Å². The van der Waals surface area contributed by atoms with Crippen LogP contribution in [0.4, 0.5) is 5.69 Å². The summed E-state index contributed by atoms with van der Waals surface area (Å²) in [5.41, 5.74) is 1.45. The van der Waals surface area contributed by atoms with Gasteiger partial charge in [0, 0.05) is 35.4 Å². The molecule has 0 fully saturated rings. The number of non-ortho nitro benzene ring substituents is 1. The number of rotatable bonds is 4. The van der Waals surface area contributed by atoms with Gasteiger partial charge in [0.1, 0.15) is 17.6 Å². The number of benzene rings is 2. The van der Waals surface area contributed by atoms with Crippen LogP contribution in [0.25, 0.3) is 28.3 Å². The van der Waals surface area contributed by atoms with Gasteiger partial charge in [0.2, 0.25) is 0 Å². The molecule has 0 saturated heterocycles. The number of nitrogens with zero attached hydrogens (tertiary/aromatic N) is 3. The highest BCUT2D eigenvalue weighted by atomic mass is 35.5. The average molecular weight is 418 g/mol. The number of hydrogen-bond donors (Lipinski definition) is 0. The van der Waals surface area contributed by atoms with Gasteiger partial charge in [-0.25, -0.2) is 0 Å². The number of furan rings is 1. The Hall–Kier alpha value is -4.15. The fourth-order valence-corrected chi connectivity index (χ4v) is 3.36. The molecule has 4 rings (SSSR count). The maximum atomic E-state index is 12.6. The van der Waals surface area contributed by atoms with E-state index in [9.17, 15) is 20.2 Å². The Bertz CT molecular complexity index is 1370. The Morgan fingerprint density at radius 1 is 1.20 bits per heavy atom. The Morgan fingerprint density at radius 2 is 2.00 bits per heavy atom. The van der Waals surface area contributed by atoms with E-state index in [1.54, 1.807) is 30.3 Å². The summed E-state index contributed by atoms with van der Waals surface area (Å²) in [6.45, 7) is 0. The van der Waals surface area contributed by atoms with Crippen LogP contribution in [0.5, 0.6) is 0 Å². The van der Waals surface area contributed by atoms with Crippen molar-refractivity contribution in [1.82, 2.24) is 4.57 Å². The van der Waals surface area contributed by atoms with Crippen LogP contribution in [0.1, 0.15) is 16.1 Å². The molecule has 4 aromatic rings. The largest absolute Gasteiger partial charge is 0.457 e. The first kappa shape index (κ1) is 19.2. The van der Waals surface area contributed by atoms with Crippen LogP contribution in [0.15, 0.2) is 71.3 Å². The van der Waals surface area contributed by atoms with Crippen LogP contribution in [0.3, 0.4) is 0 Å². The number of halogens is 1. The van der Waals surface area contributed by atoms with Crippen LogP contribution >= 0.6 is 11.6 Å². The van der Waals surface area contributed by atoms with Crippen molar-refractivity contribution in [3.8, 4) is 17.4 Å². The van der Waals surface area contributed by atoms with Crippen LogP contribution in [0.2, 0.25) is 5.02 Å². The number of hydrogen-bond acceptors (Lipinski definition) is 5. The molecule has 0 aliphatic heterocycles. The van der Waals surface area contributed by atoms with Gasteiger partial charge in [0.25, 0.3) is 11.6 Å². The van der Waals surface area contributed by atoms with Crippen molar-refractivity contribution in [2.75, 3.05) is 0 Å². The van der Waals surface area contributed by atoms with Crippen LogP contribution in [0, 0.1) is 21.4 Å². The molecule has 0 spiro atoms. The van der Waals surface area contributed by atoms with E-state index < -0.39 is 4.92 Å². The monoisotopic (exact) mass is 417 g/mol. The lowest BCUT2D eigenvalue weighted by Crippen LogP contribution is -2.04. The minimum Gasteiger partial charge on any atom is -0.457 e. The molecule has 146 valence electrons. The van der Waals surface area contributed by atoms with E-state index in [-0.39, 0.29) is 16.6 Å². The van der Waals surface area contributed by atoms with Crippen molar-refractivity contribution in [2.24, 2.45) is 0 Å². The van der Waals surface area contributed by atoms with Crippen molar-refractivity contribution in [3.05, 3.63) is 93.3 Å². The van der Waals surface area contributed by atoms with E-state index in [0.717, 1.165) is 0 Å². The van der Waals surface area contributed by atoms with Gasteiger partial charge < -0.3 is 4.42 Å². The zero-order valence-corrected chi connectivity index (χ0v) is 16.0. The highest BCUT2D eigenvalue weighted by Gasteiger charge is 2.14. The second-order valence-corrected chi connectivity index (χ2v) is 6.74. The van der Waals surface area contributed by atoms with Gasteiger partial charge in [-0.05, 0) is 30.3 Å². The van der Waals surface area contributed by atoms with Crippen LogP contribution < -0.4 is 0 Å². The number of allylic oxidation sites excluding steroid dienone is 1. The Kier molecular flexibility index (Phi) is 4.92. The third-order valence-corrected chi connectivity index (χ3v) is 4.83. The first-order valence-corrected chi connectivity index (χ1v) is 9.12. The number of nitriles is 1.